The van der Waals surface area contributed by atoms with Crippen LogP contribution in [0.1, 0.15) is 17.5 Å². The first-order valence-corrected chi connectivity index (χ1v) is 11.1. The van der Waals surface area contributed by atoms with Gasteiger partial charge in [-0.25, -0.2) is 8.42 Å². The highest BCUT2D eigenvalue weighted by Crippen LogP contribution is 2.35. The second-order valence-corrected chi connectivity index (χ2v) is 9.25. The number of rotatable bonds is 4. The fraction of sp³-hybridized carbons (Fsp3) is 0.273. The lowest BCUT2D eigenvalue weighted by Crippen LogP contribution is -2.29. The Labute approximate surface area is 165 Å². The number of methoxy groups -OCH3 is 1. The number of sulfone groups is 1. The van der Waals surface area contributed by atoms with Crippen molar-refractivity contribution in [1.29, 1.82) is 0 Å². The number of aromatic hydroxyl groups is 1. The van der Waals surface area contributed by atoms with Gasteiger partial charge in [0.1, 0.15) is 11.5 Å². The topological polar surface area (TPSA) is 66.8 Å². The molecule has 1 N–H and O–H groups in total. The van der Waals surface area contributed by atoms with Gasteiger partial charge in [-0.1, -0.05) is 18.2 Å². The molecule has 0 aromatic heterocycles. The molecule has 28 heavy (non-hydrogen) atoms. The number of anilines is 1. The third-order valence-corrected chi connectivity index (χ3v) is 6.47. The molecule has 3 aromatic rings. The lowest BCUT2D eigenvalue weighted by atomic mass is 9.98. The van der Waals surface area contributed by atoms with Crippen molar-refractivity contribution in [3.8, 4) is 11.5 Å². The molecule has 0 bridgehead atoms. The van der Waals surface area contributed by atoms with E-state index in [1.807, 2.05) is 30.3 Å². The van der Waals surface area contributed by atoms with E-state index in [9.17, 15) is 13.5 Å². The minimum absolute atomic E-state index is 0.229. The first-order chi connectivity index (χ1) is 13.4. The van der Waals surface area contributed by atoms with Gasteiger partial charge in [-0.15, -0.1) is 0 Å². The van der Waals surface area contributed by atoms with Crippen LogP contribution < -0.4 is 9.64 Å². The summed E-state index contributed by atoms with van der Waals surface area (Å²) < 4.78 is 29.4. The van der Waals surface area contributed by atoms with Gasteiger partial charge < -0.3 is 14.7 Å². The van der Waals surface area contributed by atoms with Crippen LogP contribution in [0.25, 0.3) is 10.8 Å². The summed E-state index contributed by atoms with van der Waals surface area (Å²) in [7, 11) is -1.65. The zero-order chi connectivity index (χ0) is 19.9. The summed E-state index contributed by atoms with van der Waals surface area (Å²) in [5, 5.41) is 12.5. The van der Waals surface area contributed by atoms with Crippen LogP contribution in [-0.2, 0) is 22.8 Å². The molecule has 1 aliphatic heterocycles. The van der Waals surface area contributed by atoms with E-state index in [0.29, 0.717) is 11.4 Å². The number of phenols is 1. The standard InChI is InChI=1S/C22H23NO4S/c1-27-17-8-5-15-7-10-22(24)20(19(15)12-17)14-23-11-3-4-16-6-9-18(13-21(16)23)28(2,25)26/h5-10,12-13,24H,3-4,11,14H2,1-2H3. The Kier molecular flexibility index (Phi) is 4.67. The Morgan fingerprint density at radius 3 is 2.64 bits per heavy atom. The van der Waals surface area contributed by atoms with Gasteiger partial charge >= 0.3 is 0 Å². The molecule has 0 saturated heterocycles. The van der Waals surface area contributed by atoms with E-state index < -0.39 is 9.84 Å². The Morgan fingerprint density at radius 1 is 1.11 bits per heavy atom. The summed E-state index contributed by atoms with van der Waals surface area (Å²) in [4.78, 5) is 2.48. The summed E-state index contributed by atoms with van der Waals surface area (Å²) in [6.07, 6.45) is 3.13. The van der Waals surface area contributed by atoms with E-state index in [1.165, 1.54) is 6.26 Å². The summed E-state index contributed by atoms with van der Waals surface area (Å²) in [5.41, 5.74) is 2.87. The van der Waals surface area contributed by atoms with Crippen molar-refractivity contribution in [3.63, 3.8) is 0 Å². The molecule has 0 spiro atoms. The van der Waals surface area contributed by atoms with E-state index in [1.54, 1.807) is 25.3 Å². The number of aryl methyl sites for hydroxylation is 1. The number of benzene rings is 3. The van der Waals surface area contributed by atoms with Crippen molar-refractivity contribution in [1.82, 2.24) is 0 Å². The van der Waals surface area contributed by atoms with Gasteiger partial charge in [0.15, 0.2) is 9.84 Å². The Hall–Kier alpha value is -2.73. The summed E-state index contributed by atoms with van der Waals surface area (Å²) >= 11 is 0. The molecule has 4 rings (SSSR count). The zero-order valence-corrected chi connectivity index (χ0v) is 16.8. The van der Waals surface area contributed by atoms with Crippen LogP contribution in [0.3, 0.4) is 0 Å². The molecule has 0 radical (unpaired) electrons. The monoisotopic (exact) mass is 397 g/mol. The number of phenolic OH excluding ortho intramolecular Hbond substituents is 1. The molecule has 1 aliphatic rings. The lowest BCUT2D eigenvalue weighted by molar-refractivity contribution is 0.415. The number of fused-ring (bicyclic) bond motifs is 2. The maximum atomic E-state index is 12.0. The second kappa shape index (κ2) is 7.02. The zero-order valence-electron chi connectivity index (χ0n) is 16.0. The Morgan fingerprint density at radius 2 is 1.89 bits per heavy atom. The molecule has 146 valence electrons. The van der Waals surface area contributed by atoms with Crippen molar-refractivity contribution >= 4 is 26.3 Å². The molecular formula is C22H23NO4S. The van der Waals surface area contributed by atoms with Crippen LogP contribution in [0.5, 0.6) is 11.5 Å². The predicted octanol–water partition coefficient (Wildman–Crippen LogP) is 3.91. The van der Waals surface area contributed by atoms with Crippen molar-refractivity contribution in [2.24, 2.45) is 0 Å². The third-order valence-electron chi connectivity index (χ3n) is 5.36. The van der Waals surface area contributed by atoms with Gasteiger partial charge in [-0.2, -0.15) is 0 Å². The van der Waals surface area contributed by atoms with Crippen LogP contribution in [0.4, 0.5) is 5.69 Å². The molecule has 3 aromatic carbocycles. The fourth-order valence-corrected chi connectivity index (χ4v) is 4.50. The summed E-state index contributed by atoms with van der Waals surface area (Å²) in [6, 6.07) is 14.7. The van der Waals surface area contributed by atoms with Gasteiger partial charge in [-0.3, -0.25) is 0 Å². The fourth-order valence-electron chi connectivity index (χ4n) is 3.86. The SMILES string of the molecule is COc1ccc2ccc(O)c(CN3CCCc4ccc(S(C)(=O)=O)cc43)c2c1. The highest BCUT2D eigenvalue weighted by atomic mass is 32.2. The van der Waals surface area contributed by atoms with Gasteiger partial charge in [0.25, 0.3) is 0 Å². The molecule has 0 saturated carbocycles. The maximum Gasteiger partial charge on any atom is 0.175 e. The van der Waals surface area contributed by atoms with Gasteiger partial charge in [0, 0.05) is 30.6 Å². The van der Waals surface area contributed by atoms with Crippen LogP contribution in [0.2, 0.25) is 0 Å². The van der Waals surface area contributed by atoms with Gasteiger partial charge in [-0.05, 0) is 59.5 Å². The van der Waals surface area contributed by atoms with E-state index in [4.69, 9.17) is 4.74 Å². The first-order valence-electron chi connectivity index (χ1n) is 9.23. The Bertz CT molecular complexity index is 1150. The highest BCUT2D eigenvalue weighted by molar-refractivity contribution is 7.90. The third kappa shape index (κ3) is 3.40. The predicted molar refractivity (Wildman–Crippen MR) is 111 cm³/mol. The van der Waals surface area contributed by atoms with Crippen molar-refractivity contribution in [2.45, 2.75) is 24.3 Å². The number of nitrogens with zero attached hydrogens (tertiary/aromatic N) is 1. The van der Waals surface area contributed by atoms with E-state index >= 15 is 0 Å². The summed E-state index contributed by atoms with van der Waals surface area (Å²) in [6.45, 7) is 1.30. The van der Waals surface area contributed by atoms with Crippen LogP contribution >= 0.6 is 0 Å². The van der Waals surface area contributed by atoms with Crippen LogP contribution in [-0.4, -0.2) is 33.4 Å². The minimum atomic E-state index is -3.28. The first kappa shape index (κ1) is 18.6. The molecule has 1 heterocycles. The van der Waals surface area contributed by atoms with Crippen molar-refractivity contribution < 1.29 is 18.3 Å². The normalized spacial score (nSPS) is 14.1. The van der Waals surface area contributed by atoms with Crippen LogP contribution in [0, 0.1) is 0 Å². The average molecular weight is 397 g/mol. The van der Waals surface area contributed by atoms with Crippen molar-refractivity contribution in [2.75, 3.05) is 24.8 Å². The number of hydrogen-bond acceptors (Lipinski definition) is 5. The van der Waals surface area contributed by atoms with Crippen LogP contribution in [0.15, 0.2) is 53.4 Å². The highest BCUT2D eigenvalue weighted by Gasteiger charge is 2.21. The lowest BCUT2D eigenvalue weighted by Gasteiger charge is -2.32. The molecule has 0 amide bonds. The average Bonchev–Trinajstić information content (AvgIpc) is 2.68. The Balaban J connectivity index is 1.80. The molecule has 0 fully saturated rings. The van der Waals surface area contributed by atoms with E-state index in [-0.39, 0.29) is 5.75 Å². The molecule has 6 heteroatoms. The quantitative estimate of drug-likeness (QED) is 0.723. The molecular weight excluding hydrogens is 374 g/mol. The molecule has 0 aliphatic carbocycles. The summed E-state index contributed by atoms with van der Waals surface area (Å²) in [5.74, 6) is 0.963. The van der Waals surface area contributed by atoms with Gasteiger partial charge in [0.2, 0.25) is 0 Å². The molecule has 5 nitrogen and oxygen atoms in total. The largest absolute Gasteiger partial charge is 0.508 e. The maximum absolute atomic E-state index is 12.0. The smallest absolute Gasteiger partial charge is 0.175 e. The molecule has 0 atom stereocenters. The second-order valence-electron chi connectivity index (χ2n) is 7.24. The molecule has 0 unspecified atom stereocenters. The van der Waals surface area contributed by atoms with Gasteiger partial charge in [0.05, 0.1) is 12.0 Å². The van der Waals surface area contributed by atoms with Crippen molar-refractivity contribution in [3.05, 3.63) is 59.7 Å². The number of hydrogen-bond donors (Lipinski definition) is 1. The van der Waals surface area contributed by atoms with E-state index in [2.05, 4.69) is 4.90 Å². The van der Waals surface area contributed by atoms with E-state index in [0.717, 1.165) is 52.7 Å². The number of ether oxygens (including phenoxy) is 1. The minimum Gasteiger partial charge on any atom is -0.508 e.